The van der Waals surface area contributed by atoms with E-state index >= 15 is 0 Å². The molecule has 0 aromatic rings. The van der Waals surface area contributed by atoms with E-state index in [0.717, 1.165) is 12.8 Å². The maximum Gasteiger partial charge on any atom is 0.307 e. The van der Waals surface area contributed by atoms with Crippen molar-refractivity contribution in [3.05, 3.63) is 12.3 Å². The summed E-state index contributed by atoms with van der Waals surface area (Å²) in [6.45, 7) is 4.49. The minimum absolute atomic E-state index is 0.143. The van der Waals surface area contributed by atoms with Gasteiger partial charge in [0.2, 0.25) is 0 Å². The number of hydrogen-bond donors (Lipinski definition) is 1. The van der Waals surface area contributed by atoms with Gasteiger partial charge in [-0.15, -0.1) is 0 Å². The number of nitrogens with one attached hydrogen (secondary N) is 1. The molecule has 1 heterocycles. The second-order valence-corrected chi connectivity index (χ2v) is 8.74. The van der Waals surface area contributed by atoms with Crippen LogP contribution in [0.5, 0.6) is 0 Å². The van der Waals surface area contributed by atoms with Crippen LogP contribution in [0.3, 0.4) is 0 Å². The lowest BCUT2D eigenvalue weighted by atomic mass is 10.2. The van der Waals surface area contributed by atoms with E-state index in [1.165, 1.54) is 0 Å². The average molecular weight is 305 g/mol. The van der Waals surface area contributed by atoms with Crippen molar-refractivity contribution in [3.8, 4) is 0 Å². The Morgan fingerprint density at radius 2 is 1.90 bits per heavy atom. The van der Waals surface area contributed by atoms with Crippen molar-refractivity contribution >= 4 is 7.59 Å². The summed E-state index contributed by atoms with van der Waals surface area (Å²) in [6.07, 6.45) is 5.65. The fourth-order valence-electron chi connectivity index (χ4n) is 2.01. The molecular weight excluding hydrogens is 277 g/mol. The second kappa shape index (κ2) is 7.05. The van der Waals surface area contributed by atoms with Gasteiger partial charge >= 0.3 is 7.59 Å². The smallest absolute Gasteiger partial charge is 0.307 e. The van der Waals surface area contributed by atoms with Crippen LogP contribution in [-0.2, 0) is 14.0 Å². The maximum absolute atomic E-state index is 12.6. The quantitative estimate of drug-likeness (QED) is 0.728. The maximum atomic E-state index is 12.6. The predicted molar refractivity (Wildman–Crippen MR) is 81.4 cm³/mol. The molecule has 6 nitrogen and oxygen atoms in total. The van der Waals surface area contributed by atoms with Gasteiger partial charge in [0.15, 0.2) is 5.79 Å². The van der Waals surface area contributed by atoms with Crippen molar-refractivity contribution in [2.45, 2.75) is 38.6 Å². The summed E-state index contributed by atoms with van der Waals surface area (Å²) in [7, 11) is 4.52. The Morgan fingerprint density at radius 1 is 1.30 bits per heavy atom. The molecule has 1 fully saturated rings. The van der Waals surface area contributed by atoms with Gasteiger partial charge in [-0.05, 0) is 54.9 Å². The molecule has 0 aromatic heterocycles. The number of rotatable bonds is 7. The normalized spacial score (nSPS) is 23.1. The fourth-order valence-corrected chi connectivity index (χ4v) is 3.49. The highest BCUT2D eigenvalue weighted by Crippen LogP contribution is 2.44. The lowest BCUT2D eigenvalue weighted by molar-refractivity contribution is -0.138. The molecule has 0 spiro atoms. The molecule has 1 aliphatic rings. The summed E-state index contributed by atoms with van der Waals surface area (Å²) in [5, 5.41) is 2.99. The highest BCUT2D eigenvalue weighted by Gasteiger charge is 2.31. The van der Waals surface area contributed by atoms with Crippen LogP contribution in [0.4, 0.5) is 0 Å². The highest BCUT2D eigenvalue weighted by atomic mass is 31.2. The Kier molecular flexibility index (Phi) is 6.23. The fraction of sp³-hybridized carbons (Fsp3) is 0.846. The van der Waals surface area contributed by atoms with Crippen molar-refractivity contribution in [1.29, 1.82) is 0 Å². The molecule has 0 radical (unpaired) electrons. The average Bonchev–Trinajstić information content (AvgIpc) is 2.67. The van der Waals surface area contributed by atoms with Crippen molar-refractivity contribution in [2.24, 2.45) is 0 Å². The minimum atomic E-state index is -2.68. The molecule has 118 valence electrons. The van der Waals surface area contributed by atoms with Crippen LogP contribution in [0.2, 0.25) is 0 Å². The van der Waals surface area contributed by atoms with Gasteiger partial charge < -0.3 is 14.6 Å². The van der Waals surface area contributed by atoms with E-state index in [9.17, 15) is 4.57 Å². The zero-order valence-corrected chi connectivity index (χ0v) is 14.3. The van der Waals surface area contributed by atoms with E-state index in [0.29, 0.717) is 6.61 Å². The number of allylic oxidation sites excluding steroid dienone is 1. The predicted octanol–water partition coefficient (Wildman–Crippen LogP) is 2.25. The molecule has 0 aromatic carbocycles. The molecule has 1 saturated heterocycles. The first-order valence-corrected chi connectivity index (χ1v) is 8.49. The first-order chi connectivity index (χ1) is 9.17. The first kappa shape index (κ1) is 17.7. The molecule has 0 aliphatic carbocycles. The summed E-state index contributed by atoms with van der Waals surface area (Å²) in [5.74, 6) is -0.460. The number of hydrogen-bond acceptors (Lipinski definition) is 3. The van der Waals surface area contributed by atoms with Gasteiger partial charge in [-0.1, -0.05) is 6.08 Å². The Labute approximate surface area is 122 Å². The summed E-state index contributed by atoms with van der Waals surface area (Å²) in [5.41, 5.74) is 0. The third kappa shape index (κ3) is 4.86. The highest BCUT2D eigenvalue weighted by molar-refractivity contribution is 7.57. The van der Waals surface area contributed by atoms with Crippen LogP contribution in [0.25, 0.3) is 0 Å². The molecule has 20 heavy (non-hydrogen) atoms. The Bertz CT molecular complexity index is 371. The molecule has 1 aliphatic heterocycles. The van der Waals surface area contributed by atoms with Crippen LogP contribution in [0, 0.1) is 0 Å². The lowest BCUT2D eigenvalue weighted by Gasteiger charge is -2.29. The largest absolute Gasteiger partial charge is 0.348 e. The molecule has 1 N–H and O–H groups in total. The third-order valence-electron chi connectivity index (χ3n) is 3.17. The van der Waals surface area contributed by atoms with Gasteiger partial charge in [-0.25, -0.2) is 9.34 Å². The van der Waals surface area contributed by atoms with E-state index in [-0.39, 0.29) is 6.10 Å². The lowest BCUT2D eigenvalue weighted by Crippen LogP contribution is -2.28. The summed E-state index contributed by atoms with van der Waals surface area (Å²) in [6, 6.07) is 0. The van der Waals surface area contributed by atoms with Crippen molar-refractivity contribution in [1.82, 2.24) is 14.4 Å². The Hall–Kier alpha value is -0.390. The minimum Gasteiger partial charge on any atom is -0.348 e. The molecule has 0 saturated carbocycles. The van der Waals surface area contributed by atoms with Crippen LogP contribution in [-0.4, -0.2) is 56.0 Å². The van der Waals surface area contributed by atoms with Gasteiger partial charge in [-0.3, -0.25) is 4.57 Å². The van der Waals surface area contributed by atoms with E-state index < -0.39 is 13.4 Å². The third-order valence-corrected chi connectivity index (χ3v) is 5.82. The van der Waals surface area contributed by atoms with E-state index in [1.807, 2.05) is 19.9 Å². The van der Waals surface area contributed by atoms with Crippen LogP contribution in [0.1, 0.15) is 26.7 Å². The summed E-state index contributed by atoms with van der Waals surface area (Å²) >= 11 is 0. The van der Waals surface area contributed by atoms with Crippen molar-refractivity contribution < 1.29 is 14.0 Å². The summed E-state index contributed by atoms with van der Waals surface area (Å²) in [4.78, 5) is 0. The van der Waals surface area contributed by atoms with Crippen LogP contribution in [0.15, 0.2) is 12.3 Å². The van der Waals surface area contributed by atoms with Crippen LogP contribution < -0.4 is 5.09 Å². The number of nitrogens with zero attached hydrogens (tertiary/aromatic N) is 2. The van der Waals surface area contributed by atoms with Gasteiger partial charge in [0.05, 0.1) is 12.7 Å². The second-order valence-electron chi connectivity index (χ2n) is 5.80. The van der Waals surface area contributed by atoms with E-state index in [2.05, 4.69) is 5.09 Å². The van der Waals surface area contributed by atoms with Crippen LogP contribution >= 0.6 is 7.59 Å². The van der Waals surface area contributed by atoms with E-state index in [4.69, 9.17) is 9.47 Å². The molecule has 7 heteroatoms. The zero-order valence-electron chi connectivity index (χ0n) is 13.4. The van der Waals surface area contributed by atoms with Gasteiger partial charge in [-0.2, -0.15) is 0 Å². The van der Waals surface area contributed by atoms with Gasteiger partial charge in [0, 0.05) is 6.20 Å². The molecule has 1 atom stereocenters. The standard InChI is InChI=1S/C13H28N3O3P/c1-13(2)18-11-12(19-13)9-7-8-10-14-20(17,15(3)4)16(5)6/h8,10,12H,7,9,11H2,1-6H3,(H,14,17)/b10-8-. The topological polar surface area (TPSA) is 54.0 Å². The zero-order chi connectivity index (χ0) is 15.4. The molecule has 1 rings (SSSR count). The monoisotopic (exact) mass is 305 g/mol. The molecule has 1 unspecified atom stereocenters. The molecule has 0 bridgehead atoms. The molecular formula is C13H28N3O3P. The summed E-state index contributed by atoms with van der Waals surface area (Å²) < 4.78 is 27.2. The van der Waals surface area contributed by atoms with E-state index in [1.54, 1.807) is 43.7 Å². The number of ether oxygens (including phenoxy) is 2. The molecule has 0 amide bonds. The van der Waals surface area contributed by atoms with Gasteiger partial charge in [0.1, 0.15) is 0 Å². The first-order valence-electron chi connectivity index (χ1n) is 6.87. The van der Waals surface area contributed by atoms with Gasteiger partial charge in [0.25, 0.3) is 0 Å². The SMILES string of the molecule is CN(C)P(=O)(N/C=C\CCC1COC(C)(C)O1)N(C)C. The Balaban J connectivity index is 2.34. The van der Waals surface area contributed by atoms with Crippen molar-refractivity contribution in [3.63, 3.8) is 0 Å². The Morgan fingerprint density at radius 3 is 2.35 bits per heavy atom. The van der Waals surface area contributed by atoms with Crippen molar-refractivity contribution in [2.75, 3.05) is 34.8 Å².